The minimum Gasteiger partial charge on any atom is -0.343 e. The van der Waals surface area contributed by atoms with Crippen LogP contribution in [0.1, 0.15) is 44.5 Å². The molecule has 0 aliphatic carbocycles. The maximum absolute atomic E-state index is 12.6. The van der Waals surface area contributed by atoms with Crippen molar-refractivity contribution in [3.8, 4) is 0 Å². The summed E-state index contributed by atoms with van der Waals surface area (Å²) < 4.78 is 0.695. The number of rotatable bonds is 4. The van der Waals surface area contributed by atoms with Gasteiger partial charge in [0.1, 0.15) is 12.1 Å². The second-order valence-corrected chi connectivity index (χ2v) is 6.70. The minimum atomic E-state index is -0.414. The Kier molecular flexibility index (Phi) is 4.70. The van der Waals surface area contributed by atoms with Crippen LogP contribution in [0.2, 0.25) is 4.34 Å². The van der Waals surface area contributed by atoms with Gasteiger partial charge in [-0.05, 0) is 31.9 Å². The lowest BCUT2D eigenvalue weighted by Crippen LogP contribution is -2.63. The first kappa shape index (κ1) is 15.3. The lowest BCUT2D eigenvalue weighted by Gasteiger charge is -2.41. The van der Waals surface area contributed by atoms with E-state index in [4.69, 9.17) is 11.6 Å². The smallest absolute Gasteiger partial charge is 0.246 e. The highest BCUT2D eigenvalue weighted by Gasteiger charge is 2.41. The van der Waals surface area contributed by atoms with E-state index in [0.717, 1.165) is 4.88 Å². The molecule has 2 rings (SSSR count). The molecule has 1 aromatic heterocycles. The molecule has 3 atom stereocenters. The summed E-state index contributed by atoms with van der Waals surface area (Å²) in [7, 11) is 0. The van der Waals surface area contributed by atoms with E-state index in [1.807, 2.05) is 32.9 Å². The predicted molar refractivity (Wildman–Crippen MR) is 80.9 cm³/mol. The standard InChI is InChI=1S/C14H19ClN2O2S/c1-4-9-14(19)17(10(5-2)13(18)16-9)8(3)11-6-7-12(15)20-11/h6-10H,4-5H2,1-3H3,(H,16,18). The Bertz CT molecular complexity index is 517. The average Bonchev–Trinajstić information content (AvgIpc) is 2.86. The topological polar surface area (TPSA) is 49.4 Å². The highest BCUT2D eigenvalue weighted by atomic mass is 35.5. The van der Waals surface area contributed by atoms with E-state index in [9.17, 15) is 9.59 Å². The van der Waals surface area contributed by atoms with Gasteiger partial charge in [-0.2, -0.15) is 0 Å². The number of piperazine rings is 1. The molecule has 3 unspecified atom stereocenters. The third-order valence-corrected chi connectivity index (χ3v) is 5.13. The van der Waals surface area contributed by atoms with Crippen molar-refractivity contribution in [2.75, 3.05) is 0 Å². The number of halogens is 1. The van der Waals surface area contributed by atoms with E-state index >= 15 is 0 Å². The van der Waals surface area contributed by atoms with Gasteiger partial charge in [0, 0.05) is 4.88 Å². The van der Waals surface area contributed by atoms with Crippen LogP contribution in [0.3, 0.4) is 0 Å². The van der Waals surface area contributed by atoms with Gasteiger partial charge in [-0.1, -0.05) is 25.4 Å². The number of nitrogens with one attached hydrogen (secondary N) is 1. The monoisotopic (exact) mass is 314 g/mol. The zero-order valence-electron chi connectivity index (χ0n) is 11.9. The molecule has 2 amide bonds. The summed E-state index contributed by atoms with van der Waals surface area (Å²) in [6.45, 7) is 5.78. The quantitative estimate of drug-likeness (QED) is 0.929. The molecular formula is C14H19ClN2O2S. The number of hydrogen-bond acceptors (Lipinski definition) is 3. The molecule has 0 saturated carbocycles. The minimum absolute atomic E-state index is 0.00373. The molecule has 1 aromatic rings. The Hall–Kier alpha value is -1.07. The molecule has 4 nitrogen and oxygen atoms in total. The zero-order valence-corrected chi connectivity index (χ0v) is 13.4. The number of carbonyl (C=O) groups excluding carboxylic acids is 2. The van der Waals surface area contributed by atoms with Crippen LogP contribution in [0.5, 0.6) is 0 Å². The van der Waals surface area contributed by atoms with Crippen molar-refractivity contribution in [3.63, 3.8) is 0 Å². The van der Waals surface area contributed by atoms with Crippen molar-refractivity contribution in [1.29, 1.82) is 0 Å². The van der Waals surface area contributed by atoms with Gasteiger partial charge >= 0.3 is 0 Å². The summed E-state index contributed by atoms with van der Waals surface area (Å²) in [5.41, 5.74) is 0. The largest absolute Gasteiger partial charge is 0.343 e. The predicted octanol–water partition coefficient (Wildman–Crippen LogP) is 2.98. The fourth-order valence-corrected chi connectivity index (χ4v) is 3.71. The van der Waals surface area contributed by atoms with Crippen LogP contribution < -0.4 is 5.32 Å². The van der Waals surface area contributed by atoms with Gasteiger partial charge in [-0.3, -0.25) is 9.59 Å². The third kappa shape index (κ3) is 2.69. The second-order valence-electron chi connectivity index (χ2n) is 4.96. The van der Waals surface area contributed by atoms with Crippen molar-refractivity contribution >= 4 is 34.8 Å². The van der Waals surface area contributed by atoms with Gasteiger partial charge in [0.2, 0.25) is 11.8 Å². The first-order valence-corrected chi connectivity index (χ1v) is 8.06. The molecule has 0 bridgehead atoms. The van der Waals surface area contributed by atoms with E-state index in [1.54, 1.807) is 4.90 Å². The Balaban J connectivity index is 2.33. The highest BCUT2D eigenvalue weighted by molar-refractivity contribution is 7.16. The maximum atomic E-state index is 12.6. The van der Waals surface area contributed by atoms with E-state index in [1.165, 1.54) is 11.3 Å². The van der Waals surface area contributed by atoms with Crippen LogP contribution in [0.25, 0.3) is 0 Å². The maximum Gasteiger partial charge on any atom is 0.246 e. The van der Waals surface area contributed by atoms with Crippen molar-refractivity contribution in [2.45, 2.75) is 51.7 Å². The first-order chi connectivity index (χ1) is 9.49. The molecule has 1 aliphatic heterocycles. The Morgan fingerprint density at radius 2 is 2.05 bits per heavy atom. The number of thiophene rings is 1. The number of hydrogen-bond donors (Lipinski definition) is 1. The molecule has 1 fully saturated rings. The number of nitrogens with zero attached hydrogens (tertiary/aromatic N) is 1. The van der Waals surface area contributed by atoms with Crippen LogP contribution >= 0.6 is 22.9 Å². The summed E-state index contributed by atoms with van der Waals surface area (Å²) in [5, 5.41) is 2.81. The van der Waals surface area contributed by atoms with Gasteiger partial charge in [0.05, 0.1) is 10.4 Å². The van der Waals surface area contributed by atoms with Crippen molar-refractivity contribution < 1.29 is 9.59 Å². The Morgan fingerprint density at radius 3 is 2.55 bits per heavy atom. The molecule has 0 radical (unpaired) electrons. The second kappa shape index (κ2) is 6.14. The summed E-state index contributed by atoms with van der Waals surface area (Å²) in [4.78, 5) is 27.5. The first-order valence-electron chi connectivity index (χ1n) is 6.87. The van der Waals surface area contributed by atoms with E-state index in [2.05, 4.69) is 5.32 Å². The van der Waals surface area contributed by atoms with Crippen molar-refractivity contribution in [1.82, 2.24) is 10.2 Å². The Labute approximate surface area is 128 Å². The fourth-order valence-electron chi connectivity index (χ4n) is 2.60. The van der Waals surface area contributed by atoms with E-state index in [0.29, 0.717) is 17.2 Å². The average molecular weight is 315 g/mol. The fraction of sp³-hybridized carbons (Fsp3) is 0.571. The van der Waals surface area contributed by atoms with E-state index < -0.39 is 12.1 Å². The zero-order chi connectivity index (χ0) is 14.9. The third-order valence-electron chi connectivity index (χ3n) is 3.73. The molecule has 1 saturated heterocycles. The molecular weight excluding hydrogens is 296 g/mol. The highest BCUT2D eigenvalue weighted by Crippen LogP contribution is 2.33. The van der Waals surface area contributed by atoms with Crippen LogP contribution in [0.4, 0.5) is 0 Å². The molecule has 0 aromatic carbocycles. The molecule has 1 aliphatic rings. The SMILES string of the molecule is CCC1NC(=O)C(CC)N(C(C)c2ccc(Cl)s2)C1=O. The molecule has 110 valence electrons. The van der Waals surface area contributed by atoms with Gasteiger partial charge in [0.25, 0.3) is 0 Å². The van der Waals surface area contributed by atoms with Crippen LogP contribution in [0.15, 0.2) is 12.1 Å². The molecule has 20 heavy (non-hydrogen) atoms. The summed E-state index contributed by atoms with van der Waals surface area (Å²) >= 11 is 7.42. The molecule has 2 heterocycles. The molecule has 1 N–H and O–H groups in total. The van der Waals surface area contributed by atoms with Crippen LogP contribution in [0, 0.1) is 0 Å². The lowest BCUT2D eigenvalue weighted by molar-refractivity contribution is -0.152. The van der Waals surface area contributed by atoms with Gasteiger partial charge in [0.15, 0.2) is 0 Å². The number of carbonyl (C=O) groups is 2. The van der Waals surface area contributed by atoms with Crippen molar-refractivity contribution in [2.24, 2.45) is 0 Å². The van der Waals surface area contributed by atoms with Gasteiger partial charge < -0.3 is 10.2 Å². The normalized spacial score (nSPS) is 24.7. The van der Waals surface area contributed by atoms with Gasteiger partial charge in [-0.15, -0.1) is 11.3 Å². The molecule has 6 heteroatoms. The van der Waals surface area contributed by atoms with Gasteiger partial charge in [-0.25, -0.2) is 0 Å². The summed E-state index contributed by atoms with van der Waals surface area (Å²) in [5.74, 6) is -0.0653. The molecule has 0 spiro atoms. The van der Waals surface area contributed by atoms with Crippen LogP contribution in [-0.4, -0.2) is 28.8 Å². The Morgan fingerprint density at radius 1 is 1.35 bits per heavy atom. The van der Waals surface area contributed by atoms with E-state index in [-0.39, 0.29) is 17.9 Å². The number of amides is 2. The van der Waals surface area contributed by atoms with Crippen LogP contribution in [-0.2, 0) is 9.59 Å². The lowest BCUT2D eigenvalue weighted by atomic mass is 10.0. The summed E-state index contributed by atoms with van der Waals surface area (Å²) in [6.07, 6.45) is 1.22. The summed E-state index contributed by atoms with van der Waals surface area (Å²) in [6, 6.07) is 2.80. The van der Waals surface area contributed by atoms with Crippen molar-refractivity contribution in [3.05, 3.63) is 21.3 Å².